The van der Waals surface area contributed by atoms with E-state index in [1.807, 2.05) is 24.3 Å². The van der Waals surface area contributed by atoms with Crippen LogP contribution < -0.4 is 15.0 Å². The van der Waals surface area contributed by atoms with Crippen molar-refractivity contribution in [3.63, 3.8) is 0 Å². The Morgan fingerprint density at radius 2 is 1.84 bits per heavy atom. The Hall–Kier alpha value is -3.35. The average molecular weight is 438 g/mol. The summed E-state index contributed by atoms with van der Waals surface area (Å²) in [5, 5.41) is 2.85. The number of urea groups is 1. The van der Waals surface area contributed by atoms with Gasteiger partial charge in [-0.25, -0.2) is 9.69 Å². The van der Waals surface area contributed by atoms with Gasteiger partial charge >= 0.3 is 6.03 Å². The number of methoxy groups -OCH3 is 1. The van der Waals surface area contributed by atoms with Crippen molar-refractivity contribution in [1.29, 1.82) is 0 Å². The molecule has 2 aromatic rings. The molecule has 2 aromatic carbocycles. The quantitative estimate of drug-likeness (QED) is 0.587. The lowest BCUT2D eigenvalue weighted by Crippen LogP contribution is -2.39. The zero-order chi connectivity index (χ0) is 23.3. The summed E-state index contributed by atoms with van der Waals surface area (Å²) in [4.78, 5) is 41.9. The van der Waals surface area contributed by atoms with E-state index in [-0.39, 0.29) is 12.3 Å². The van der Waals surface area contributed by atoms with Crippen molar-refractivity contribution >= 4 is 29.2 Å². The third-order valence-corrected chi connectivity index (χ3v) is 5.60. The molecule has 1 N–H and O–H groups in total. The van der Waals surface area contributed by atoms with Crippen LogP contribution in [0.1, 0.15) is 39.2 Å². The van der Waals surface area contributed by atoms with E-state index in [2.05, 4.69) is 26.1 Å². The molecule has 1 heterocycles. The summed E-state index contributed by atoms with van der Waals surface area (Å²) in [6, 6.07) is 13.2. The molecule has 0 aromatic heterocycles. The zero-order valence-corrected chi connectivity index (χ0v) is 19.1. The van der Waals surface area contributed by atoms with E-state index in [4.69, 9.17) is 4.74 Å². The first kappa shape index (κ1) is 23.3. The fourth-order valence-electron chi connectivity index (χ4n) is 3.68. The van der Waals surface area contributed by atoms with Crippen molar-refractivity contribution in [2.75, 3.05) is 23.9 Å². The minimum atomic E-state index is -0.845. The topological polar surface area (TPSA) is 79.0 Å². The molecule has 0 unspecified atom stereocenters. The first-order valence-corrected chi connectivity index (χ1v) is 11.0. The molecular weight excluding hydrogens is 406 g/mol. The third-order valence-electron chi connectivity index (χ3n) is 5.60. The lowest BCUT2D eigenvalue weighted by molar-refractivity contribution is -0.124. The van der Waals surface area contributed by atoms with Crippen molar-refractivity contribution < 1.29 is 19.1 Å². The maximum Gasteiger partial charge on any atom is 0.332 e. The van der Waals surface area contributed by atoms with Gasteiger partial charge in [0.25, 0.3) is 5.91 Å². The number of amides is 4. The van der Waals surface area contributed by atoms with Crippen molar-refractivity contribution in [1.82, 2.24) is 4.90 Å². The van der Waals surface area contributed by atoms with Crippen molar-refractivity contribution in [3.8, 4) is 5.75 Å². The van der Waals surface area contributed by atoms with Gasteiger partial charge in [0.05, 0.1) is 19.2 Å². The number of hydrogen-bond acceptors (Lipinski definition) is 4. The Morgan fingerprint density at radius 3 is 2.47 bits per heavy atom. The number of rotatable bonds is 9. The molecule has 1 saturated heterocycles. The second-order valence-electron chi connectivity index (χ2n) is 8.35. The predicted molar refractivity (Wildman–Crippen MR) is 125 cm³/mol. The number of anilines is 2. The summed E-state index contributed by atoms with van der Waals surface area (Å²) in [6.07, 6.45) is 1.55. The molecule has 170 valence electrons. The Labute approximate surface area is 189 Å². The number of carbonyl (C=O) groups excluding carboxylic acids is 3. The smallest absolute Gasteiger partial charge is 0.332 e. The summed E-state index contributed by atoms with van der Waals surface area (Å²) >= 11 is 0. The minimum absolute atomic E-state index is 0.0985. The van der Waals surface area contributed by atoms with Gasteiger partial charge in [-0.1, -0.05) is 39.0 Å². The van der Waals surface area contributed by atoms with E-state index in [1.165, 1.54) is 17.6 Å². The Kier molecular flexibility index (Phi) is 7.51. The summed E-state index contributed by atoms with van der Waals surface area (Å²) in [5.74, 6) is 0.204. The molecule has 1 aliphatic heterocycles. The van der Waals surface area contributed by atoms with Crippen LogP contribution in [0.4, 0.5) is 16.2 Å². The third kappa shape index (κ3) is 5.28. The molecule has 1 aliphatic rings. The highest BCUT2D eigenvalue weighted by Crippen LogP contribution is 2.30. The Balaban J connectivity index is 1.80. The van der Waals surface area contributed by atoms with Gasteiger partial charge in [-0.3, -0.25) is 9.59 Å². The van der Waals surface area contributed by atoms with Crippen molar-refractivity contribution in [3.05, 3.63) is 54.1 Å². The molecule has 32 heavy (non-hydrogen) atoms. The summed E-state index contributed by atoms with van der Waals surface area (Å²) in [6.45, 7) is 6.59. The molecule has 3 rings (SSSR count). The number of benzene rings is 2. The number of ether oxygens (including phenoxy) is 1. The number of nitrogens with zero attached hydrogens (tertiary/aromatic N) is 2. The highest BCUT2D eigenvalue weighted by Gasteiger charge is 2.46. The van der Waals surface area contributed by atoms with Gasteiger partial charge in [-0.05, 0) is 48.6 Å². The lowest BCUT2D eigenvalue weighted by Gasteiger charge is -2.22. The molecular formula is C25H31N3O4. The second-order valence-corrected chi connectivity index (χ2v) is 8.35. The predicted octanol–water partition coefficient (Wildman–Crippen LogP) is 4.47. The van der Waals surface area contributed by atoms with Crippen LogP contribution in [-0.4, -0.2) is 42.4 Å². The fourth-order valence-corrected chi connectivity index (χ4v) is 3.68. The molecule has 7 nitrogen and oxygen atoms in total. The van der Waals surface area contributed by atoms with Gasteiger partial charge in [0.2, 0.25) is 5.91 Å². The van der Waals surface area contributed by atoms with Gasteiger partial charge in [0.1, 0.15) is 11.8 Å². The van der Waals surface area contributed by atoms with Crippen LogP contribution >= 0.6 is 0 Å². The number of aryl methyl sites for hydroxylation is 1. The van der Waals surface area contributed by atoms with Crippen LogP contribution in [0.5, 0.6) is 5.75 Å². The van der Waals surface area contributed by atoms with E-state index in [0.717, 1.165) is 17.7 Å². The van der Waals surface area contributed by atoms with Crippen LogP contribution in [0, 0.1) is 5.92 Å². The van der Waals surface area contributed by atoms with Gasteiger partial charge in [-0.2, -0.15) is 0 Å². The Morgan fingerprint density at radius 1 is 1.12 bits per heavy atom. The van der Waals surface area contributed by atoms with E-state index in [9.17, 15) is 14.4 Å². The van der Waals surface area contributed by atoms with Crippen LogP contribution in [0.25, 0.3) is 0 Å². The summed E-state index contributed by atoms with van der Waals surface area (Å²) in [7, 11) is 1.53. The number of carbonyl (C=O) groups is 3. The molecule has 0 spiro atoms. The molecule has 0 bridgehead atoms. The van der Waals surface area contributed by atoms with Gasteiger partial charge in [-0.15, -0.1) is 0 Å². The molecule has 1 atom stereocenters. The van der Waals surface area contributed by atoms with Crippen LogP contribution in [-0.2, 0) is 16.0 Å². The van der Waals surface area contributed by atoms with E-state index in [0.29, 0.717) is 29.6 Å². The van der Waals surface area contributed by atoms with E-state index >= 15 is 0 Å². The molecule has 4 amide bonds. The largest absolute Gasteiger partial charge is 0.497 e. The monoisotopic (exact) mass is 437 g/mol. The van der Waals surface area contributed by atoms with Gasteiger partial charge in [0.15, 0.2) is 0 Å². The standard InChI is InChI=1S/C25H31N3O4/c1-5-18-9-11-19(12-10-18)26-23(29)16-22-24(30)28(20-7-6-8-21(15-20)32-4)25(31)27(22)14-13-17(2)3/h6-12,15,17,22H,5,13-14,16H2,1-4H3,(H,26,29)/t22-/m1/s1. The highest BCUT2D eigenvalue weighted by atomic mass is 16.5. The van der Waals surface area contributed by atoms with Crippen LogP contribution in [0.2, 0.25) is 0 Å². The van der Waals surface area contributed by atoms with Gasteiger partial charge < -0.3 is 15.0 Å². The SMILES string of the molecule is CCc1ccc(NC(=O)C[C@@H]2C(=O)N(c3cccc(OC)c3)C(=O)N2CCC(C)C)cc1. The first-order valence-electron chi connectivity index (χ1n) is 11.0. The van der Waals surface area contributed by atoms with Crippen LogP contribution in [0.15, 0.2) is 48.5 Å². The van der Waals surface area contributed by atoms with Crippen molar-refractivity contribution in [2.45, 2.75) is 46.1 Å². The van der Waals surface area contributed by atoms with E-state index in [1.54, 1.807) is 24.3 Å². The maximum absolute atomic E-state index is 13.3. The molecule has 0 radical (unpaired) electrons. The molecule has 1 fully saturated rings. The number of nitrogens with one attached hydrogen (secondary N) is 1. The number of imide groups is 1. The molecule has 0 aliphatic carbocycles. The maximum atomic E-state index is 13.3. The normalized spacial score (nSPS) is 16.1. The zero-order valence-electron chi connectivity index (χ0n) is 19.1. The van der Waals surface area contributed by atoms with E-state index < -0.39 is 18.0 Å². The van der Waals surface area contributed by atoms with Gasteiger partial charge in [0, 0.05) is 18.3 Å². The summed E-state index contributed by atoms with van der Waals surface area (Å²) in [5.41, 5.74) is 2.28. The fraction of sp³-hybridized carbons (Fsp3) is 0.400. The summed E-state index contributed by atoms with van der Waals surface area (Å²) < 4.78 is 5.24. The van der Waals surface area contributed by atoms with Crippen molar-refractivity contribution in [2.24, 2.45) is 5.92 Å². The minimum Gasteiger partial charge on any atom is -0.497 e. The second kappa shape index (κ2) is 10.3. The lowest BCUT2D eigenvalue weighted by atomic mass is 10.1. The Bertz CT molecular complexity index is 971. The highest BCUT2D eigenvalue weighted by molar-refractivity contribution is 6.22. The van der Waals surface area contributed by atoms with Crippen LogP contribution in [0.3, 0.4) is 0 Å². The average Bonchev–Trinajstić information content (AvgIpc) is 3.01. The first-order chi connectivity index (χ1) is 15.3. The number of hydrogen-bond donors (Lipinski definition) is 1. The molecule has 7 heteroatoms. The molecule has 0 saturated carbocycles.